The molecule has 0 aromatic rings. The first kappa shape index (κ1) is 13.6. The molecular formula is C11H17F3N2O2. The predicted octanol–water partition coefficient (Wildman–Crippen LogP) is 0.822. The third-order valence-electron chi connectivity index (χ3n) is 3.23. The number of alkyl halides is 3. The average molecular weight is 266 g/mol. The number of hydrogen-bond acceptors (Lipinski definition) is 3. The fourth-order valence-corrected chi connectivity index (χ4v) is 2.20. The van der Waals surface area contributed by atoms with Crippen LogP contribution in [0.3, 0.4) is 0 Å². The predicted molar refractivity (Wildman–Crippen MR) is 57.9 cm³/mol. The molecule has 2 N–H and O–H groups in total. The average Bonchev–Trinajstić information content (AvgIpc) is 3.02. The first-order valence-corrected chi connectivity index (χ1v) is 6.14. The summed E-state index contributed by atoms with van der Waals surface area (Å²) in [5.41, 5.74) is 0. The van der Waals surface area contributed by atoms with Crippen molar-refractivity contribution >= 4 is 5.91 Å². The van der Waals surface area contributed by atoms with Gasteiger partial charge in [-0.05, 0) is 25.2 Å². The summed E-state index contributed by atoms with van der Waals surface area (Å²) in [7, 11) is 0. The smallest absolute Gasteiger partial charge is 0.376 e. The van der Waals surface area contributed by atoms with Gasteiger partial charge >= 0.3 is 6.18 Å². The summed E-state index contributed by atoms with van der Waals surface area (Å²) in [5.74, 6) is -0.0722. The molecule has 2 atom stereocenters. The van der Waals surface area contributed by atoms with Crippen molar-refractivity contribution in [3.8, 4) is 0 Å². The maximum Gasteiger partial charge on any atom is 0.405 e. The Bertz CT molecular complexity index is 305. The maximum absolute atomic E-state index is 11.9. The van der Waals surface area contributed by atoms with Crippen LogP contribution in [0.15, 0.2) is 0 Å². The summed E-state index contributed by atoms with van der Waals surface area (Å²) in [5, 5.41) is 4.82. The third kappa shape index (κ3) is 4.13. The highest BCUT2D eigenvalue weighted by Crippen LogP contribution is 2.38. The van der Waals surface area contributed by atoms with Gasteiger partial charge in [0.2, 0.25) is 5.91 Å². The number of ether oxygens (including phenoxy) is 1. The van der Waals surface area contributed by atoms with Crippen LogP contribution in [0, 0.1) is 5.92 Å². The van der Waals surface area contributed by atoms with Gasteiger partial charge in [0.25, 0.3) is 0 Å². The van der Waals surface area contributed by atoms with Crippen LogP contribution in [0.5, 0.6) is 0 Å². The van der Waals surface area contributed by atoms with Gasteiger partial charge in [0, 0.05) is 12.6 Å². The minimum atomic E-state index is -4.36. The zero-order chi connectivity index (χ0) is 13.2. The van der Waals surface area contributed by atoms with E-state index >= 15 is 0 Å². The Hall–Kier alpha value is -0.820. The quantitative estimate of drug-likeness (QED) is 0.774. The highest BCUT2D eigenvalue weighted by atomic mass is 19.4. The molecule has 1 amide bonds. The molecule has 18 heavy (non-hydrogen) atoms. The van der Waals surface area contributed by atoms with Crippen molar-refractivity contribution in [1.29, 1.82) is 0 Å². The van der Waals surface area contributed by atoms with Gasteiger partial charge in [0.15, 0.2) is 0 Å². The van der Waals surface area contributed by atoms with Gasteiger partial charge in [-0.2, -0.15) is 13.2 Å². The Morgan fingerprint density at radius 3 is 2.61 bits per heavy atom. The molecule has 1 aliphatic heterocycles. The first-order chi connectivity index (χ1) is 8.46. The molecule has 0 bridgehead atoms. The number of halogens is 3. The van der Waals surface area contributed by atoms with Crippen LogP contribution < -0.4 is 10.6 Å². The minimum absolute atomic E-state index is 0.0900. The molecule has 1 aliphatic carbocycles. The topological polar surface area (TPSA) is 50.4 Å². The Morgan fingerprint density at radius 1 is 1.28 bits per heavy atom. The number of hydrogen-bond donors (Lipinski definition) is 2. The number of carbonyl (C=O) groups excluding carboxylic acids is 1. The molecule has 2 rings (SSSR count). The monoisotopic (exact) mass is 266 g/mol. The van der Waals surface area contributed by atoms with Gasteiger partial charge < -0.3 is 15.4 Å². The lowest BCUT2D eigenvalue weighted by atomic mass is 10.1. The maximum atomic E-state index is 11.9. The second kappa shape index (κ2) is 5.44. The van der Waals surface area contributed by atoms with E-state index in [1.54, 1.807) is 0 Å². The molecule has 2 unspecified atom stereocenters. The molecule has 7 heteroatoms. The second-order valence-electron chi connectivity index (χ2n) is 4.84. The summed E-state index contributed by atoms with van der Waals surface area (Å²) in [4.78, 5) is 11.2. The van der Waals surface area contributed by atoms with Crippen LogP contribution in [-0.4, -0.2) is 43.9 Å². The molecule has 1 saturated heterocycles. The Balaban J connectivity index is 1.66. The van der Waals surface area contributed by atoms with Crippen LogP contribution >= 0.6 is 0 Å². The van der Waals surface area contributed by atoms with E-state index in [-0.39, 0.29) is 18.7 Å². The van der Waals surface area contributed by atoms with Crippen molar-refractivity contribution < 1.29 is 22.7 Å². The fraction of sp³-hybridized carbons (Fsp3) is 0.909. The van der Waals surface area contributed by atoms with Crippen molar-refractivity contribution in [2.24, 2.45) is 5.92 Å². The summed E-state index contributed by atoms with van der Waals surface area (Å²) in [6.45, 7) is -0.711. The molecule has 1 heterocycles. The Labute approximate surface area is 103 Å². The summed E-state index contributed by atoms with van der Waals surface area (Å²) in [6, 6.07) is 0.0918. The normalized spacial score (nSPS) is 28.4. The van der Waals surface area contributed by atoms with Crippen molar-refractivity contribution in [3.05, 3.63) is 0 Å². The van der Waals surface area contributed by atoms with Crippen LogP contribution in [0.4, 0.5) is 13.2 Å². The molecule has 2 fully saturated rings. The number of nitrogens with one attached hydrogen (secondary N) is 2. The second-order valence-corrected chi connectivity index (χ2v) is 4.84. The lowest BCUT2D eigenvalue weighted by Gasteiger charge is -2.19. The van der Waals surface area contributed by atoms with E-state index in [2.05, 4.69) is 5.32 Å². The zero-order valence-electron chi connectivity index (χ0n) is 9.93. The molecule has 1 saturated carbocycles. The highest BCUT2D eigenvalue weighted by Gasteiger charge is 2.40. The van der Waals surface area contributed by atoms with Gasteiger partial charge in [-0.15, -0.1) is 0 Å². The summed E-state index contributed by atoms with van der Waals surface area (Å²) < 4.78 is 41.2. The molecule has 104 valence electrons. The number of amides is 1. The van der Waals surface area contributed by atoms with Crippen molar-refractivity contribution in [1.82, 2.24) is 10.6 Å². The summed E-state index contributed by atoms with van der Waals surface area (Å²) >= 11 is 0. The minimum Gasteiger partial charge on any atom is -0.376 e. The van der Waals surface area contributed by atoms with E-state index in [0.717, 1.165) is 19.3 Å². The number of carbonyl (C=O) groups is 1. The standard InChI is InChI=1S/C11H17F3N2O2/c12-11(13,14)6-16-9(17)5-15-8-3-4-18-10(8)7-1-2-7/h7-8,10,15H,1-6H2,(H,16,17). The van der Waals surface area contributed by atoms with E-state index in [1.807, 2.05) is 5.32 Å². The lowest BCUT2D eigenvalue weighted by molar-refractivity contribution is -0.138. The van der Waals surface area contributed by atoms with Gasteiger partial charge in [0.05, 0.1) is 12.6 Å². The van der Waals surface area contributed by atoms with Crippen molar-refractivity contribution in [2.45, 2.75) is 37.6 Å². The van der Waals surface area contributed by atoms with E-state index in [0.29, 0.717) is 12.5 Å². The van der Waals surface area contributed by atoms with E-state index in [1.165, 1.54) is 0 Å². The molecule has 2 aliphatic rings. The SMILES string of the molecule is O=C(CNC1CCOC1C1CC1)NCC(F)(F)F. The van der Waals surface area contributed by atoms with Crippen LogP contribution in [0.1, 0.15) is 19.3 Å². The first-order valence-electron chi connectivity index (χ1n) is 6.14. The van der Waals surface area contributed by atoms with Gasteiger partial charge in [-0.1, -0.05) is 0 Å². The molecule has 0 spiro atoms. The number of rotatable bonds is 5. The molecule has 0 aromatic heterocycles. The third-order valence-corrected chi connectivity index (χ3v) is 3.23. The highest BCUT2D eigenvalue weighted by molar-refractivity contribution is 5.78. The molecule has 0 aromatic carbocycles. The lowest BCUT2D eigenvalue weighted by Crippen LogP contribution is -2.45. The fourth-order valence-electron chi connectivity index (χ4n) is 2.20. The zero-order valence-corrected chi connectivity index (χ0v) is 9.93. The summed E-state index contributed by atoms with van der Waals surface area (Å²) in [6.07, 6.45) is -1.14. The molecule has 0 radical (unpaired) electrons. The van der Waals surface area contributed by atoms with Crippen LogP contribution in [0.25, 0.3) is 0 Å². The Morgan fingerprint density at radius 2 is 2.00 bits per heavy atom. The Kier molecular flexibility index (Phi) is 4.11. The largest absolute Gasteiger partial charge is 0.405 e. The molecular weight excluding hydrogens is 249 g/mol. The van der Waals surface area contributed by atoms with E-state index < -0.39 is 18.6 Å². The molecule has 4 nitrogen and oxygen atoms in total. The van der Waals surface area contributed by atoms with E-state index in [4.69, 9.17) is 4.74 Å². The van der Waals surface area contributed by atoms with Crippen LogP contribution in [0.2, 0.25) is 0 Å². The van der Waals surface area contributed by atoms with Gasteiger partial charge in [0.1, 0.15) is 6.54 Å². The van der Waals surface area contributed by atoms with Crippen LogP contribution in [-0.2, 0) is 9.53 Å². The van der Waals surface area contributed by atoms with Gasteiger partial charge in [-0.25, -0.2) is 0 Å². The van der Waals surface area contributed by atoms with Crippen molar-refractivity contribution in [2.75, 3.05) is 19.7 Å². The van der Waals surface area contributed by atoms with E-state index in [9.17, 15) is 18.0 Å². The van der Waals surface area contributed by atoms with Crippen molar-refractivity contribution in [3.63, 3.8) is 0 Å². The van der Waals surface area contributed by atoms with Gasteiger partial charge in [-0.3, -0.25) is 4.79 Å².